The molecule has 0 radical (unpaired) electrons. The van der Waals surface area contributed by atoms with Crippen molar-refractivity contribution in [3.8, 4) is 0 Å². The zero-order chi connectivity index (χ0) is 21.7. The fourth-order valence-corrected chi connectivity index (χ4v) is 8.25. The normalized spacial score (nSPS) is 42.3. The summed E-state index contributed by atoms with van der Waals surface area (Å²) in [7, 11) is 0. The van der Waals surface area contributed by atoms with Crippen LogP contribution in [0.15, 0.2) is 35.5 Å². The summed E-state index contributed by atoms with van der Waals surface area (Å²) in [5, 5.41) is 10.2. The van der Waals surface area contributed by atoms with Crippen molar-refractivity contribution in [2.24, 2.45) is 40.4 Å². The summed E-state index contributed by atoms with van der Waals surface area (Å²) in [6, 6.07) is 0. The first-order valence-corrected chi connectivity index (χ1v) is 12.9. The van der Waals surface area contributed by atoms with Crippen LogP contribution in [0, 0.1) is 40.4 Å². The first kappa shape index (κ1) is 22.4. The van der Waals surface area contributed by atoms with Crippen LogP contribution in [0.1, 0.15) is 98.8 Å². The summed E-state index contributed by atoms with van der Waals surface area (Å²) >= 11 is 0. The van der Waals surface area contributed by atoms with Gasteiger partial charge < -0.3 is 5.11 Å². The Hall–Kier alpha value is -0.820. The molecule has 30 heavy (non-hydrogen) atoms. The molecule has 4 aliphatic carbocycles. The Morgan fingerprint density at radius 3 is 2.63 bits per heavy atom. The Morgan fingerprint density at radius 2 is 1.93 bits per heavy atom. The van der Waals surface area contributed by atoms with Gasteiger partial charge in [-0.3, -0.25) is 0 Å². The van der Waals surface area contributed by atoms with Crippen LogP contribution in [0.25, 0.3) is 0 Å². The van der Waals surface area contributed by atoms with Gasteiger partial charge in [-0.1, -0.05) is 52.0 Å². The summed E-state index contributed by atoms with van der Waals surface area (Å²) < 4.78 is 0. The molecule has 8 atom stereocenters. The van der Waals surface area contributed by atoms with E-state index >= 15 is 0 Å². The van der Waals surface area contributed by atoms with E-state index in [1.54, 1.807) is 11.1 Å². The standard InChI is InChI=1S/C29H46O/c1-7-21(19(2)3)9-8-20(4)25-12-13-26-24-11-10-22-18-23(30)14-16-28(22,5)27(24)15-17-29(25,26)6/h11,13,20-23,25,27,30H,2,7-10,12,14-18H2,1,3-6H3/t20-,21-,22+,23+,25-,27+,28+,29-/m1/s1. The van der Waals surface area contributed by atoms with Crippen molar-refractivity contribution in [2.75, 3.05) is 0 Å². The molecule has 0 aromatic rings. The molecule has 1 heteroatoms. The number of aliphatic hydroxyl groups excluding tert-OH is 1. The Kier molecular flexibility index (Phi) is 6.17. The Morgan fingerprint density at radius 1 is 1.17 bits per heavy atom. The number of hydrogen-bond acceptors (Lipinski definition) is 1. The first-order chi connectivity index (χ1) is 14.2. The number of fused-ring (bicyclic) bond motifs is 5. The van der Waals surface area contributed by atoms with Crippen LogP contribution < -0.4 is 0 Å². The highest BCUT2D eigenvalue weighted by atomic mass is 16.3. The molecule has 0 unspecified atom stereocenters. The predicted molar refractivity (Wildman–Crippen MR) is 128 cm³/mol. The molecular weight excluding hydrogens is 364 g/mol. The number of rotatable bonds is 6. The smallest absolute Gasteiger partial charge is 0.0543 e. The third-order valence-electron chi connectivity index (χ3n) is 10.4. The van der Waals surface area contributed by atoms with E-state index in [1.807, 2.05) is 0 Å². The van der Waals surface area contributed by atoms with Crippen molar-refractivity contribution in [3.63, 3.8) is 0 Å². The maximum atomic E-state index is 10.2. The van der Waals surface area contributed by atoms with E-state index in [4.69, 9.17) is 0 Å². The van der Waals surface area contributed by atoms with Crippen molar-refractivity contribution >= 4 is 0 Å². The van der Waals surface area contributed by atoms with Gasteiger partial charge in [0.05, 0.1) is 6.10 Å². The second kappa shape index (κ2) is 8.27. The van der Waals surface area contributed by atoms with E-state index < -0.39 is 0 Å². The van der Waals surface area contributed by atoms with Gasteiger partial charge in [0.15, 0.2) is 0 Å². The lowest BCUT2D eigenvalue weighted by Crippen LogP contribution is -2.48. The van der Waals surface area contributed by atoms with E-state index in [1.165, 1.54) is 56.9 Å². The number of hydrogen-bond donors (Lipinski definition) is 1. The molecule has 2 fully saturated rings. The predicted octanol–water partition coefficient (Wildman–Crippen LogP) is 7.87. The highest BCUT2D eigenvalue weighted by molar-refractivity contribution is 5.46. The van der Waals surface area contributed by atoms with Crippen LogP contribution in [0.2, 0.25) is 0 Å². The third kappa shape index (κ3) is 3.58. The minimum Gasteiger partial charge on any atom is -0.393 e. The van der Waals surface area contributed by atoms with Crippen LogP contribution in [0.3, 0.4) is 0 Å². The highest BCUT2D eigenvalue weighted by Crippen LogP contribution is 2.65. The van der Waals surface area contributed by atoms with Crippen molar-refractivity contribution in [1.29, 1.82) is 0 Å². The molecule has 0 amide bonds. The molecule has 0 heterocycles. The zero-order valence-corrected chi connectivity index (χ0v) is 20.3. The zero-order valence-electron chi connectivity index (χ0n) is 20.3. The summed E-state index contributed by atoms with van der Waals surface area (Å²) in [5.41, 5.74) is 5.61. The minimum atomic E-state index is -0.0612. The molecule has 168 valence electrons. The molecule has 0 aliphatic heterocycles. The van der Waals surface area contributed by atoms with Gasteiger partial charge in [0.2, 0.25) is 0 Å². The van der Waals surface area contributed by atoms with Crippen LogP contribution >= 0.6 is 0 Å². The second-order valence-corrected chi connectivity index (χ2v) is 12.0. The van der Waals surface area contributed by atoms with Gasteiger partial charge in [0.1, 0.15) is 0 Å². The molecule has 0 aromatic heterocycles. The van der Waals surface area contributed by atoms with Gasteiger partial charge in [-0.25, -0.2) is 0 Å². The van der Waals surface area contributed by atoms with E-state index in [2.05, 4.69) is 53.3 Å². The van der Waals surface area contributed by atoms with E-state index in [0.717, 1.165) is 30.6 Å². The van der Waals surface area contributed by atoms with Crippen molar-refractivity contribution in [2.45, 2.75) is 105 Å². The molecule has 0 bridgehead atoms. The summed E-state index contributed by atoms with van der Waals surface area (Å²) in [6.45, 7) is 16.4. The summed E-state index contributed by atoms with van der Waals surface area (Å²) in [6.07, 6.45) is 17.5. The Bertz CT molecular complexity index is 729. The minimum absolute atomic E-state index is 0.0612. The van der Waals surface area contributed by atoms with Gasteiger partial charge in [-0.15, -0.1) is 0 Å². The number of allylic oxidation sites excluding steroid dienone is 5. The lowest BCUT2D eigenvalue weighted by molar-refractivity contribution is -0.0262. The van der Waals surface area contributed by atoms with Gasteiger partial charge in [0.25, 0.3) is 0 Å². The van der Waals surface area contributed by atoms with Crippen LogP contribution in [-0.4, -0.2) is 11.2 Å². The fraction of sp³-hybridized carbons (Fsp3) is 0.793. The number of aliphatic hydroxyl groups is 1. The van der Waals surface area contributed by atoms with Crippen LogP contribution in [0.4, 0.5) is 0 Å². The quantitative estimate of drug-likeness (QED) is 0.442. The molecule has 4 rings (SSSR count). The van der Waals surface area contributed by atoms with Crippen LogP contribution in [0.5, 0.6) is 0 Å². The van der Waals surface area contributed by atoms with Gasteiger partial charge >= 0.3 is 0 Å². The van der Waals surface area contributed by atoms with Crippen molar-refractivity contribution in [1.82, 2.24) is 0 Å². The maximum Gasteiger partial charge on any atom is 0.0543 e. The largest absolute Gasteiger partial charge is 0.393 e. The third-order valence-corrected chi connectivity index (χ3v) is 10.4. The van der Waals surface area contributed by atoms with Crippen LogP contribution in [-0.2, 0) is 0 Å². The van der Waals surface area contributed by atoms with Crippen molar-refractivity contribution < 1.29 is 5.11 Å². The van der Waals surface area contributed by atoms with E-state index in [0.29, 0.717) is 22.7 Å². The lowest BCUT2D eigenvalue weighted by Gasteiger charge is -2.56. The topological polar surface area (TPSA) is 20.2 Å². The molecule has 1 nitrogen and oxygen atoms in total. The molecule has 0 saturated heterocycles. The molecular formula is C29H46O. The van der Waals surface area contributed by atoms with Gasteiger partial charge in [-0.05, 0) is 123 Å². The van der Waals surface area contributed by atoms with E-state index in [-0.39, 0.29) is 6.10 Å². The first-order valence-electron chi connectivity index (χ1n) is 12.9. The molecule has 0 spiro atoms. The Labute approximate surface area is 186 Å². The van der Waals surface area contributed by atoms with E-state index in [9.17, 15) is 5.11 Å². The SMILES string of the molecule is C=C(C)[C@H](CC)CC[C@@H](C)[C@H]1CC=C2C3=CC[C@H]4C[C@@H](O)CC[C@]4(C)[C@H]3CC[C@@]21C. The fourth-order valence-electron chi connectivity index (χ4n) is 8.25. The molecule has 4 aliphatic rings. The average molecular weight is 411 g/mol. The summed E-state index contributed by atoms with van der Waals surface area (Å²) in [5.74, 6) is 3.69. The highest BCUT2D eigenvalue weighted by Gasteiger charge is 2.55. The summed E-state index contributed by atoms with van der Waals surface area (Å²) in [4.78, 5) is 0. The lowest BCUT2D eigenvalue weighted by atomic mass is 9.48. The van der Waals surface area contributed by atoms with Gasteiger partial charge in [0, 0.05) is 0 Å². The van der Waals surface area contributed by atoms with Gasteiger partial charge in [-0.2, -0.15) is 0 Å². The molecule has 2 saturated carbocycles. The molecule has 1 N–H and O–H groups in total. The Balaban J connectivity index is 1.50. The second-order valence-electron chi connectivity index (χ2n) is 12.0. The maximum absolute atomic E-state index is 10.2. The average Bonchev–Trinajstić information content (AvgIpc) is 3.06. The van der Waals surface area contributed by atoms with Crippen molar-refractivity contribution in [3.05, 3.63) is 35.5 Å². The molecule has 0 aromatic carbocycles. The monoisotopic (exact) mass is 410 g/mol.